The molecule has 0 fully saturated rings. The Morgan fingerprint density at radius 3 is 2.38 bits per heavy atom. The van der Waals surface area contributed by atoms with E-state index in [-0.39, 0.29) is 6.03 Å². The third-order valence-electron chi connectivity index (χ3n) is 6.17. The standard InChI is InChI=1S/C30H35N5O4/c1-4-35(30(36)33-23-11-13-25(14-12-23)39-24-9-6-5-7-10-24)18-17-34(2)29-27-16-15-26(38-20-8-19-37-3)21-28(27)31-22-32-29/h5-7,9-16,21-22H,4,8,17-20H2,1-3H3,(H,33,36). The van der Waals surface area contributed by atoms with Crippen LogP contribution in [-0.4, -0.2) is 67.9 Å². The van der Waals surface area contributed by atoms with Gasteiger partial charge in [-0.1, -0.05) is 18.2 Å². The number of carbonyl (C=O) groups is 1. The Kier molecular flexibility index (Phi) is 9.91. The maximum Gasteiger partial charge on any atom is 0.321 e. The topological polar surface area (TPSA) is 89.1 Å². The van der Waals surface area contributed by atoms with Crippen LogP contribution in [0.4, 0.5) is 16.3 Å². The summed E-state index contributed by atoms with van der Waals surface area (Å²) in [4.78, 5) is 25.7. The quantitative estimate of drug-likeness (QED) is 0.218. The zero-order chi connectivity index (χ0) is 27.5. The van der Waals surface area contributed by atoms with Crippen molar-refractivity contribution >= 4 is 28.4 Å². The number of nitrogens with zero attached hydrogens (tertiary/aromatic N) is 4. The lowest BCUT2D eigenvalue weighted by molar-refractivity contribution is 0.172. The molecule has 0 radical (unpaired) electrons. The Balaban J connectivity index is 1.32. The molecule has 0 atom stereocenters. The van der Waals surface area contributed by atoms with Crippen LogP contribution in [0.2, 0.25) is 0 Å². The molecule has 4 rings (SSSR count). The first kappa shape index (κ1) is 27.7. The number of ether oxygens (including phenoxy) is 3. The third-order valence-corrected chi connectivity index (χ3v) is 6.17. The SMILES string of the molecule is CCN(CCN(C)c1ncnc2cc(OCCCOC)ccc12)C(=O)Nc1ccc(Oc2ccccc2)cc1. The zero-order valence-electron chi connectivity index (χ0n) is 22.7. The Hall–Kier alpha value is -4.37. The number of benzene rings is 3. The van der Waals surface area contributed by atoms with Gasteiger partial charge in [0.05, 0.1) is 12.1 Å². The molecule has 0 unspecified atom stereocenters. The van der Waals surface area contributed by atoms with E-state index in [0.29, 0.717) is 44.3 Å². The van der Waals surface area contributed by atoms with Crippen molar-refractivity contribution in [3.63, 3.8) is 0 Å². The average Bonchev–Trinajstić information content (AvgIpc) is 2.96. The predicted molar refractivity (Wildman–Crippen MR) is 154 cm³/mol. The molecule has 3 aromatic carbocycles. The number of rotatable bonds is 13. The van der Waals surface area contributed by atoms with Crippen LogP contribution in [0.5, 0.6) is 17.2 Å². The number of hydrogen-bond acceptors (Lipinski definition) is 7. The third kappa shape index (κ3) is 7.81. The molecule has 0 aliphatic heterocycles. The first-order valence-corrected chi connectivity index (χ1v) is 13.0. The van der Waals surface area contributed by atoms with Crippen LogP contribution in [0.15, 0.2) is 79.1 Å². The number of urea groups is 1. The highest BCUT2D eigenvalue weighted by molar-refractivity contribution is 5.91. The summed E-state index contributed by atoms with van der Waals surface area (Å²) < 4.78 is 16.7. The van der Waals surface area contributed by atoms with E-state index in [1.807, 2.05) is 91.7 Å². The Morgan fingerprint density at radius 2 is 1.64 bits per heavy atom. The number of likely N-dealkylation sites (N-methyl/N-ethyl adjacent to an activating group) is 2. The van der Waals surface area contributed by atoms with Crippen LogP contribution in [0.25, 0.3) is 10.9 Å². The molecule has 39 heavy (non-hydrogen) atoms. The highest BCUT2D eigenvalue weighted by Gasteiger charge is 2.15. The molecule has 9 heteroatoms. The van der Waals surface area contributed by atoms with Crippen molar-refractivity contribution in [3.8, 4) is 17.2 Å². The van der Waals surface area contributed by atoms with Crippen LogP contribution < -0.4 is 19.7 Å². The molecule has 0 aliphatic rings. The number of amides is 2. The van der Waals surface area contributed by atoms with Gasteiger partial charge in [0.1, 0.15) is 29.4 Å². The Bertz CT molecular complexity index is 1330. The van der Waals surface area contributed by atoms with Gasteiger partial charge >= 0.3 is 6.03 Å². The Labute approximate surface area is 229 Å². The number of hydrogen-bond donors (Lipinski definition) is 1. The maximum atomic E-state index is 13.0. The second-order valence-corrected chi connectivity index (χ2v) is 8.94. The van der Waals surface area contributed by atoms with Gasteiger partial charge < -0.3 is 29.3 Å². The normalized spacial score (nSPS) is 10.7. The molecular formula is C30H35N5O4. The fourth-order valence-corrected chi connectivity index (χ4v) is 4.02. The highest BCUT2D eigenvalue weighted by atomic mass is 16.5. The molecule has 2 amide bonds. The van der Waals surface area contributed by atoms with E-state index in [1.165, 1.54) is 0 Å². The summed E-state index contributed by atoms with van der Waals surface area (Å²) in [5.41, 5.74) is 1.51. The number of carbonyl (C=O) groups excluding carboxylic acids is 1. The molecule has 0 bridgehead atoms. The summed E-state index contributed by atoms with van der Waals surface area (Å²) in [6.07, 6.45) is 2.38. The highest BCUT2D eigenvalue weighted by Crippen LogP contribution is 2.26. The van der Waals surface area contributed by atoms with Crippen molar-refractivity contribution in [3.05, 3.63) is 79.1 Å². The van der Waals surface area contributed by atoms with Crippen molar-refractivity contribution in [2.75, 3.05) is 57.2 Å². The van der Waals surface area contributed by atoms with E-state index >= 15 is 0 Å². The number of para-hydroxylation sites is 1. The van der Waals surface area contributed by atoms with E-state index in [9.17, 15) is 4.79 Å². The summed E-state index contributed by atoms with van der Waals surface area (Å²) in [7, 11) is 3.65. The fourth-order valence-electron chi connectivity index (χ4n) is 4.02. The van der Waals surface area contributed by atoms with Gasteiger partial charge in [0.15, 0.2) is 0 Å². The first-order chi connectivity index (χ1) is 19.1. The minimum Gasteiger partial charge on any atom is -0.493 e. The average molecular weight is 530 g/mol. The smallest absolute Gasteiger partial charge is 0.321 e. The minimum atomic E-state index is -0.162. The van der Waals surface area contributed by atoms with Crippen molar-refractivity contribution in [1.29, 1.82) is 0 Å². The van der Waals surface area contributed by atoms with Gasteiger partial charge in [0, 0.05) is 64.0 Å². The summed E-state index contributed by atoms with van der Waals surface area (Å²) in [5.74, 6) is 3.03. The number of nitrogens with one attached hydrogen (secondary N) is 1. The molecule has 204 valence electrons. The maximum absolute atomic E-state index is 13.0. The first-order valence-electron chi connectivity index (χ1n) is 13.0. The van der Waals surface area contributed by atoms with Crippen molar-refractivity contribution in [2.24, 2.45) is 0 Å². The van der Waals surface area contributed by atoms with Crippen LogP contribution in [0.3, 0.4) is 0 Å². The second kappa shape index (κ2) is 14.0. The van der Waals surface area contributed by atoms with Crippen LogP contribution in [0, 0.1) is 0 Å². The number of methoxy groups -OCH3 is 1. The minimum absolute atomic E-state index is 0.162. The van der Waals surface area contributed by atoms with E-state index < -0.39 is 0 Å². The molecule has 0 aliphatic carbocycles. The van der Waals surface area contributed by atoms with Crippen molar-refractivity contribution in [2.45, 2.75) is 13.3 Å². The molecule has 1 N–H and O–H groups in total. The summed E-state index contributed by atoms with van der Waals surface area (Å²) in [6.45, 7) is 4.91. The number of anilines is 2. The van der Waals surface area contributed by atoms with E-state index in [0.717, 1.165) is 34.6 Å². The molecule has 1 aromatic heterocycles. The Morgan fingerprint density at radius 1 is 0.897 bits per heavy atom. The monoisotopic (exact) mass is 529 g/mol. The molecule has 9 nitrogen and oxygen atoms in total. The molecule has 0 saturated carbocycles. The number of fused-ring (bicyclic) bond motifs is 1. The molecule has 0 spiro atoms. The molecule has 0 saturated heterocycles. The predicted octanol–water partition coefficient (Wildman–Crippen LogP) is 5.83. The van der Waals surface area contributed by atoms with Gasteiger partial charge in [0.2, 0.25) is 0 Å². The van der Waals surface area contributed by atoms with Gasteiger partial charge in [-0.15, -0.1) is 0 Å². The molecular weight excluding hydrogens is 494 g/mol. The second-order valence-electron chi connectivity index (χ2n) is 8.94. The lowest BCUT2D eigenvalue weighted by Crippen LogP contribution is -2.40. The summed E-state index contributed by atoms with van der Waals surface area (Å²) >= 11 is 0. The summed E-state index contributed by atoms with van der Waals surface area (Å²) in [6, 6.07) is 22.6. The largest absolute Gasteiger partial charge is 0.493 e. The van der Waals surface area contributed by atoms with E-state index in [2.05, 4.69) is 15.3 Å². The van der Waals surface area contributed by atoms with Crippen LogP contribution in [0.1, 0.15) is 13.3 Å². The fraction of sp³-hybridized carbons (Fsp3) is 0.300. The van der Waals surface area contributed by atoms with Crippen molar-refractivity contribution < 1.29 is 19.0 Å². The van der Waals surface area contributed by atoms with Gasteiger partial charge in [-0.2, -0.15) is 0 Å². The van der Waals surface area contributed by atoms with E-state index in [1.54, 1.807) is 18.3 Å². The molecule has 4 aromatic rings. The van der Waals surface area contributed by atoms with Crippen LogP contribution >= 0.6 is 0 Å². The van der Waals surface area contributed by atoms with Gasteiger partial charge in [-0.25, -0.2) is 14.8 Å². The number of aromatic nitrogens is 2. The van der Waals surface area contributed by atoms with E-state index in [4.69, 9.17) is 14.2 Å². The van der Waals surface area contributed by atoms with Crippen molar-refractivity contribution in [1.82, 2.24) is 14.9 Å². The summed E-state index contributed by atoms with van der Waals surface area (Å²) in [5, 5.41) is 3.90. The lowest BCUT2D eigenvalue weighted by atomic mass is 10.2. The lowest BCUT2D eigenvalue weighted by Gasteiger charge is -2.26. The zero-order valence-corrected chi connectivity index (χ0v) is 22.7. The van der Waals surface area contributed by atoms with Gasteiger partial charge in [0.25, 0.3) is 0 Å². The van der Waals surface area contributed by atoms with Crippen LogP contribution in [-0.2, 0) is 4.74 Å². The van der Waals surface area contributed by atoms with Gasteiger partial charge in [-0.05, 0) is 55.5 Å². The molecule has 1 heterocycles. The van der Waals surface area contributed by atoms with Gasteiger partial charge in [-0.3, -0.25) is 0 Å².